The molecular formula is C22H22Cl2N4O2. The number of amides is 1. The van der Waals surface area contributed by atoms with Crippen LogP contribution in [0.25, 0.3) is 11.3 Å². The number of carbonyl (C=O) groups excluding carboxylic acids is 1. The van der Waals surface area contributed by atoms with E-state index >= 15 is 0 Å². The third-order valence-corrected chi connectivity index (χ3v) is 5.10. The predicted octanol–water partition coefficient (Wildman–Crippen LogP) is 4.92. The van der Waals surface area contributed by atoms with Crippen LogP contribution in [0.4, 0.5) is 5.69 Å². The fourth-order valence-corrected chi connectivity index (χ4v) is 3.31. The summed E-state index contributed by atoms with van der Waals surface area (Å²) in [6.07, 6.45) is 1.52. The second-order valence-electron chi connectivity index (χ2n) is 6.68. The predicted molar refractivity (Wildman–Crippen MR) is 121 cm³/mol. The van der Waals surface area contributed by atoms with Gasteiger partial charge in [0.15, 0.2) is 0 Å². The van der Waals surface area contributed by atoms with Crippen LogP contribution < -0.4 is 15.4 Å². The molecule has 0 bridgehead atoms. The monoisotopic (exact) mass is 444 g/mol. The van der Waals surface area contributed by atoms with Crippen LogP contribution in [-0.4, -0.2) is 36.1 Å². The summed E-state index contributed by atoms with van der Waals surface area (Å²) in [7, 11) is 1.86. The Labute approximate surface area is 185 Å². The summed E-state index contributed by atoms with van der Waals surface area (Å²) < 4.78 is 5.79. The summed E-state index contributed by atoms with van der Waals surface area (Å²) in [6.45, 7) is 5.07. The van der Waals surface area contributed by atoms with Crippen molar-refractivity contribution in [3.05, 3.63) is 69.6 Å². The van der Waals surface area contributed by atoms with Gasteiger partial charge in [-0.2, -0.15) is 0 Å². The lowest BCUT2D eigenvalue weighted by molar-refractivity contribution is 0.101. The van der Waals surface area contributed by atoms with Crippen LogP contribution in [0.2, 0.25) is 10.0 Å². The van der Waals surface area contributed by atoms with Crippen LogP contribution in [0, 0.1) is 13.8 Å². The summed E-state index contributed by atoms with van der Waals surface area (Å²) in [4.78, 5) is 21.4. The zero-order valence-corrected chi connectivity index (χ0v) is 18.4. The van der Waals surface area contributed by atoms with E-state index in [1.807, 2.05) is 33.0 Å². The standard InChI is InChI=1S/C22H22Cl2N4O2/c1-13-4-7-19(30-11-10-25-3)14(2)20(13)28-22(29)21-26-9-8-18(27-21)16-12-15(23)5-6-17(16)24/h4-9,12,25H,10-11H2,1-3H3,(H,28,29). The molecule has 3 rings (SSSR count). The highest BCUT2D eigenvalue weighted by atomic mass is 35.5. The Kier molecular flexibility index (Phi) is 7.26. The van der Waals surface area contributed by atoms with Gasteiger partial charge in [-0.1, -0.05) is 29.3 Å². The molecule has 1 aromatic heterocycles. The minimum Gasteiger partial charge on any atom is -0.492 e. The van der Waals surface area contributed by atoms with E-state index in [1.54, 1.807) is 24.3 Å². The molecule has 0 saturated carbocycles. The highest BCUT2D eigenvalue weighted by Gasteiger charge is 2.16. The quantitative estimate of drug-likeness (QED) is 0.505. The van der Waals surface area contributed by atoms with Crippen molar-refractivity contribution < 1.29 is 9.53 Å². The largest absolute Gasteiger partial charge is 0.492 e. The molecule has 0 spiro atoms. The van der Waals surface area contributed by atoms with Gasteiger partial charge in [-0.15, -0.1) is 0 Å². The number of carbonyl (C=O) groups is 1. The zero-order chi connectivity index (χ0) is 21.7. The smallest absolute Gasteiger partial charge is 0.293 e. The van der Waals surface area contributed by atoms with Crippen LogP contribution >= 0.6 is 23.2 Å². The minimum atomic E-state index is -0.423. The Bertz CT molecular complexity index is 1070. The van der Waals surface area contributed by atoms with Crippen LogP contribution in [0.1, 0.15) is 21.7 Å². The van der Waals surface area contributed by atoms with E-state index in [-0.39, 0.29) is 5.82 Å². The maximum Gasteiger partial charge on any atom is 0.293 e. The molecular weight excluding hydrogens is 423 g/mol. The van der Waals surface area contributed by atoms with Crippen LogP contribution in [-0.2, 0) is 0 Å². The number of hydrogen-bond acceptors (Lipinski definition) is 5. The van der Waals surface area contributed by atoms with Crippen molar-refractivity contribution in [3.8, 4) is 17.0 Å². The van der Waals surface area contributed by atoms with Gasteiger partial charge in [0.05, 0.1) is 16.4 Å². The Morgan fingerprint density at radius 3 is 2.70 bits per heavy atom. The molecule has 0 saturated heterocycles. The highest BCUT2D eigenvalue weighted by Crippen LogP contribution is 2.31. The van der Waals surface area contributed by atoms with Crippen LogP contribution in [0.15, 0.2) is 42.6 Å². The van der Waals surface area contributed by atoms with Crippen LogP contribution in [0.3, 0.4) is 0 Å². The maximum absolute atomic E-state index is 12.9. The van der Waals surface area contributed by atoms with Gasteiger partial charge in [-0.3, -0.25) is 4.79 Å². The van der Waals surface area contributed by atoms with Gasteiger partial charge in [-0.05, 0) is 56.8 Å². The second kappa shape index (κ2) is 9.89. The fourth-order valence-electron chi connectivity index (χ4n) is 2.92. The van der Waals surface area contributed by atoms with Crippen molar-refractivity contribution >= 4 is 34.8 Å². The number of nitrogens with zero attached hydrogens (tertiary/aromatic N) is 2. The number of likely N-dealkylation sites (N-methyl/N-ethyl adjacent to an activating group) is 1. The molecule has 156 valence electrons. The average Bonchev–Trinajstić information content (AvgIpc) is 2.74. The Morgan fingerprint density at radius 2 is 1.93 bits per heavy atom. The van der Waals surface area contributed by atoms with Gasteiger partial charge < -0.3 is 15.4 Å². The first-order valence-electron chi connectivity index (χ1n) is 9.38. The minimum absolute atomic E-state index is 0.0313. The first-order valence-corrected chi connectivity index (χ1v) is 10.1. The molecule has 0 aliphatic rings. The van der Waals surface area contributed by atoms with Crippen molar-refractivity contribution in [2.24, 2.45) is 0 Å². The number of aryl methyl sites for hydroxylation is 1. The number of aromatic nitrogens is 2. The number of anilines is 1. The molecule has 0 radical (unpaired) electrons. The number of ether oxygens (including phenoxy) is 1. The summed E-state index contributed by atoms with van der Waals surface area (Å²) in [5.74, 6) is 0.323. The van der Waals surface area contributed by atoms with Crippen LogP contribution in [0.5, 0.6) is 5.75 Å². The Hall–Kier alpha value is -2.67. The van der Waals surface area contributed by atoms with E-state index in [0.29, 0.717) is 39.3 Å². The van der Waals surface area contributed by atoms with Gasteiger partial charge in [0.1, 0.15) is 12.4 Å². The first-order chi connectivity index (χ1) is 14.4. The molecule has 2 N–H and O–H groups in total. The molecule has 0 atom stereocenters. The molecule has 0 aliphatic heterocycles. The molecule has 1 amide bonds. The topological polar surface area (TPSA) is 76.1 Å². The number of nitrogens with one attached hydrogen (secondary N) is 2. The lowest BCUT2D eigenvalue weighted by Crippen LogP contribution is -2.18. The Balaban J connectivity index is 1.86. The van der Waals surface area contributed by atoms with Gasteiger partial charge in [-0.25, -0.2) is 9.97 Å². The molecule has 0 aliphatic carbocycles. The third kappa shape index (κ3) is 5.08. The number of hydrogen-bond donors (Lipinski definition) is 2. The summed E-state index contributed by atoms with van der Waals surface area (Å²) >= 11 is 12.3. The summed E-state index contributed by atoms with van der Waals surface area (Å²) in [6, 6.07) is 10.6. The van der Waals surface area contributed by atoms with Gasteiger partial charge in [0.2, 0.25) is 5.82 Å². The summed E-state index contributed by atoms with van der Waals surface area (Å²) in [5, 5.41) is 6.96. The second-order valence-corrected chi connectivity index (χ2v) is 7.52. The van der Waals surface area contributed by atoms with Gasteiger partial charge in [0, 0.05) is 28.9 Å². The number of benzene rings is 2. The van der Waals surface area contributed by atoms with E-state index in [4.69, 9.17) is 27.9 Å². The first kappa shape index (κ1) is 22.0. The lowest BCUT2D eigenvalue weighted by Gasteiger charge is -2.16. The molecule has 1 heterocycles. The molecule has 8 heteroatoms. The molecule has 0 fully saturated rings. The van der Waals surface area contributed by atoms with E-state index in [1.165, 1.54) is 6.20 Å². The highest BCUT2D eigenvalue weighted by molar-refractivity contribution is 6.35. The van der Waals surface area contributed by atoms with Crippen molar-refractivity contribution in [2.75, 3.05) is 25.5 Å². The van der Waals surface area contributed by atoms with E-state index in [9.17, 15) is 4.79 Å². The zero-order valence-electron chi connectivity index (χ0n) is 16.9. The maximum atomic E-state index is 12.9. The number of rotatable bonds is 7. The lowest BCUT2D eigenvalue weighted by atomic mass is 10.1. The van der Waals surface area contributed by atoms with Crippen molar-refractivity contribution in [2.45, 2.75) is 13.8 Å². The third-order valence-electron chi connectivity index (χ3n) is 4.53. The SMILES string of the molecule is CNCCOc1ccc(C)c(NC(=O)c2nccc(-c3cc(Cl)ccc3Cl)n2)c1C. The van der Waals surface area contributed by atoms with Crippen molar-refractivity contribution in [3.63, 3.8) is 0 Å². The van der Waals surface area contributed by atoms with E-state index < -0.39 is 5.91 Å². The molecule has 3 aromatic rings. The van der Waals surface area contributed by atoms with Gasteiger partial charge in [0.25, 0.3) is 5.91 Å². The number of halogens is 2. The normalized spacial score (nSPS) is 10.7. The molecule has 6 nitrogen and oxygen atoms in total. The van der Waals surface area contributed by atoms with E-state index in [2.05, 4.69) is 20.6 Å². The molecule has 30 heavy (non-hydrogen) atoms. The summed E-state index contributed by atoms with van der Waals surface area (Å²) in [5.41, 5.74) is 3.58. The molecule has 2 aromatic carbocycles. The fraction of sp³-hybridized carbons (Fsp3) is 0.227. The van der Waals surface area contributed by atoms with Crippen molar-refractivity contribution in [1.82, 2.24) is 15.3 Å². The molecule has 0 unspecified atom stereocenters. The van der Waals surface area contributed by atoms with E-state index in [0.717, 1.165) is 17.7 Å². The van der Waals surface area contributed by atoms with Gasteiger partial charge >= 0.3 is 0 Å². The Morgan fingerprint density at radius 1 is 1.13 bits per heavy atom. The average molecular weight is 445 g/mol. The van der Waals surface area contributed by atoms with Crippen molar-refractivity contribution in [1.29, 1.82) is 0 Å².